The van der Waals surface area contributed by atoms with Gasteiger partial charge in [-0.1, -0.05) is 31.1 Å². The summed E-state index contributed by atoms with van der Waals surface area (Å²) in [5.74, 6) is 0.0533. The van der Waals surface area contributed by atoms with Gasteiger partial charge in [0.05, 0.1) is 5.41 Å². The molecular formula is C20H30O3. The first-order valence-corrected chi connectivity index (χ1v) is 8.80. The Balaban J connectivity index is 2.31. The molecular weight excluding hydrogens is 288 g/mol. The molecule has 1 fully saturated rings. The highest BCUT2D eigenvalue weighted by Gasteiger charge is 2.52. The summed E-state index contributed by atoms with van der Waals surface area (Å²) in [4.78, 5) is 22.5. The van der Waals surface area contributed by atoms with Gasteiger partial charge >= 0.3 is 5.97 Å². The second-order valence-corrected chi connectivity index (χ2v) is 8.02. The SMILES string of the molecule is C/C(=C\C=O)CC[C@]1(C)C2=CCC[C@](C)(C(=O)O)[C@H]2CC[C@H]1C. The molecule has 0 radical (unpaired) electrons. The number of aliphatic carboxylic acids is 1. The molecule has 0 aliphatic heterocycles. The Morgan fingerprint density at radius 1 is 1.39 bits per heavy atom. The Labute approximate surface area is 139 Å². The highest BCUT2D eigenvalue weighted by molar-refractivity contribution is 5.75. The molecule has 0 aromatic carbocycles. The predicted molar refractivity (Wildman–Crippen MR) is 92.1 cm³/mol. The van der Waals surface area contributed by atoms with E-state index in [0.29, 0.717) is 5.92 Å². The van der Waals surface area contributed by atoms with Crippen molar-refractivity contribution in [3.8, 4) is 0 Å². The van der Waals surface area contributed by atoms with E-state index in [0.717, 1.165) is 50.4 Å². The Bertz CT molecular complexity index is 545. The minimum absolute atomic E-state index is 0.0397. The molecule has 0 heterocycles. The van der Waals surface area contributed by atoms with Crippen LogP contribution in [-0.4, -0.2) is 17.4 Å². The Morgan fingerprint density at radius 3 is 2.70 bits per heavy atom. The molecule has 23 heavy (non-hydrogen) atoms. The lowest BCUT2D eigenvalue weighted by atomic mass is 9.51. The third-order valence-corrected chi connectivity index (χ3v) is 6.69. The van der Waals surface area contributed by atoms with Crippen LogP contribution in [0.1, 0.15) is 66.2 Å². The average molecular weight is 318 g/mol. The van der Waals surface area contributed by atoms with Crippen LogP contribution in [0.15, 0.2) is 23.3 Å². The van der Waals surface area contributed by atoms with Crippen molar-refractivity contribution in [2.24, 2.45) is 22.7 Å². The zero-order valence-electron chi connectivity index (χ0n) is 14.9. The molecule has 0 spiro atoms. The van der Waals surface area contributed by atoms with Crippen molar-refractivity contribution in [1.29, 1.82) is 0 Å². The topological polar surface area (TPSA) is 54.4 Å². The van der Waals surface area contributed by atoms with Crippen molar-refractivity contribution in [3.63, 3.8) is 0 Å². The largest absolute Gasteiger partial charge is 0.481 e. The maximum Gasteiger partial charge on any atom is 0.309 e. The van der Waals surface area contributed by atoms with Gasteiger partial charge in [-0.05, 0) is 75.7 Å². The number of carbonyl (C=O) groups excluding carboxylic acids is 1. The standard InChI is InChI=1S/C20H30O3/c1-14(10-13-21)9-12-19(3)15(2)7-8-17-16(19)6-5-11-20(17,4)18(22)23/h6,10,13,15,17H,5,7-9,11-12H2,1-4H3,(H,22,23)/b14-10+/t15-,17+,19+,20+/m1/s1. The van der Waals surface area contributed by atoms with Gasteiger partial charge in [0.1, 0.15) is 6.29 Å². The molecule has 3 nitrogen and oxygen atoms in total. The molecule has 2 aliphatic carbocycles. The molecule has 0 amide bonds. The van der Waals surface area contributed by atoms with E-state index in [1.807, 2.05) is 13.8 Å². The first kappa shape index (κ1) is 18.0. The highest BCUT2D eigenvalue weighted by atomic mass is 16.4. The fourth-order valence-corrected chi connectivity index (χ4v) is 4.62. The lowest BCUT2D eigenvalue weighted by molar-refractivity contribution is -0.152. The maximum atomic E-state index is 11.9. The smallest absolute Gasteiger partial charge is 0.309 e. The van der Waals surface area contributed by atoms with Crippen LogP contribution < -0.4 is 0 Å². The summed E-state index contributed by atoms with van der Waals surface area (Å²) in [5, 5.41) is 9.79. The van der Waals surface area contributed by atoms with Gasteiger partial charge in [-0.3, -0.25) is 9.59 Å². The van der Waals surface area contributed by atoms with E-state index in [4.69, 9.17) is 0 Å². The Hall–Kier alpha value is -1.38. The summed E-state index contributed by atoms with van der Waals surface area (Å²) in [7, 11) is 0. The van der Waals surface area contributed by atoms with Crippen LogP contribution in [0, 0.1) is 22.7 Å². The van der Waals surface area contributed by atoms with Crippen LogP contribution in [0.25, 0.3) is 0 Å². The minimum atomic E-state index is -0.651. The molecule has 2 rings (SSSR count). The van der Waals surface area contributed by atoms with Crippen molar-refractivity contribution >= 4 is 12.3 Å². The molecule has 4 atom stereocenters. The summed E-state index contributed by atoms with van der Waals surface area (Å²) in [5.41, 5.74) is 1.89. The molecule has 1 saturated carbocycles. The van der Waals surface area contributed by atoms with Crippen LogP contribution in [0.5, 0.6) is 0 Å². The number of aldehydes is 1. The molecule has 128 valence electrons. The lowest BCUT2D eigenvalue weighted by Gasteiger charge is -2.52. The fourth-order valence-electron chi connectivity index (χ4n) is 4.62. The summed E-state index contributed by atoms with van der Waals surface area (Å²) in [6.45, 7) is 8.53. The number of rotatable bonds is 5. The molecule has 0 bridgehead atoms. The molecule has 0 aromatic rings. The number of allylic oxidation sites excluding steroid dienone is 4. The molecule has 0 saturated heterocycles. The molecule has 0 unspecified atom stereocenters. The number of hydrogen-bond donors (Lipinski definition) is 1. The predicted octanol–water partition coefficient (Wildman–Crippen LogP) is 4.78. The lowest BCUT2D eigenvalue weighted by Crippen LogP contribution is -2.47. The van der Waals surface area contributed by atoms with Crippen LogP contribution in [-0.2, 0) is 9.59 Å². The van der Waals surface area contributed by atoms with E-state index < -0.39 is 11.4 Å². The quantitative estimate of drug-likeness (QED) is 0.451. The van der Waals surface area contributed by atoms with E-state index >= 15 is 0 Å². The monoisotopic (exact) mass is 318 g/mol. The Morgan fingerprint density at radius 2 is 2.09 bits per heavy atom. The highest BCUT2D eigenvalue weighted by Crippen LogP contribution is 2.58. The zero-order chi connectivity index (χ0) is 17.3. The fraction of sp³-hybridized carbons (Fsp3) is 0.700. The second-order valence-electron chi connectivity index (χ2n) is 8.02. The number of carbonyl (C=O) groups is 2. The second kappa shape index (κ2) is 6.62. The van der Waals surface area contributed by atoms with Crippen LogP contribution >= 0.6 is 0 Å². The van der Waals surface area contributed by atoms with Gasteiger partial charge in [-0.25, -0.2) is 0 Å². The van der Waals surface area contributed by atoms with Crippen molar-refractivity contribution in [1.82, 2.24) is 0 Å². The number of carboxylic acids is 1. The minimum Gasteiger partial charge on any atom is -0.481 e. The molecule has 2 aliphatic rings. The first-order valence-electron chi connectivity index (χ1n) is 8.80. The third kappa shape index (κ3) is 3.15. The van der Waals surface area contributed by atoms with Gasteiger partial charge in [0.15, 0.2) is 0 Å². The average Bonchev–Trinajstić information content (AvgIpc) is 2.50. The van der Waals surface area contributed by atoms with Crippen molar-refractivity contribution in [2.45, 2.75) is 66.2 Å². The molecule has 3 heteroatoms. The van der Waals surface area contributed by atoms with E-state index in [1.165, 1.54) is 5.57 Å². The maximum absolute atomic E-state index is 11.9. The van der Waals surface area contributed by atoms with E-state index in [-0.39, 0.29) is 11.3 Å². The first-order chi connectivity index (χ1) is 10.8. The van der Waals surface area contributed by atoms with Crippen LogP contribution in [0.3, 0.4) is 0 Å². The van der Waals surface area contributed by atoms with E-state index in [1.54, 1.807) is 6.08 Å². The third-order valence-electron chi connectivity index (χ3n) is 6.69. The van der Waals surface area contributed by atoms with Gasteiger partial charge in [0, 0.05) is 0 Å². The molecule has 1 N–H and O–H groups in total. The Kier molecular flexibility index (Phi) is 5.17. The van der Waals surface area contributed by atoms with Crippen LogP contribution in [0.4, 0.5) is 0 Å². The normalized spacial score (nSPS) is 37.7. The number of fused-ring (bicyclic) bond motifs is 1. The van der Waals surface area contributed by atoms with Gasteiger partial charge < -0.3 is 5.11 Å². The number of carboxylic acid groups (broad SMARTS) is 1. The van der Waals surface area contributed by atoms with Gasteiger partial charge in [-0.2, -0.15) is 0 Å². The van der Waals surface area contributed by atoms with Crippen molar-refractivity contribution in [2.75, 3.05) is 0 Å². The van der Waals surface area contributed by atoms with Gasteiger partial charge in [0.25, 0.3) is 0 Å². The summed E-state index contributed by atoms with van der Waals surface area (Å²) >= 11 is 0. The van der Waals surface area contributed by atoms with E-state index in [2.05, 4.69) is 19.9 Å². The zero-order valence-corrected chi connectivity index (χ0v) is 14.9. The number of hydrogen-bond acceptors (Lipinski definition) is 2. The summed E-state index contributed by atoms with van der Waals surface area (Å²) < 4.78 is 0. The van der Waals surface area contributed by atoms with E-state index in [9.17, 15) is 14.7 Å². The van der Waals surface area contributed by atoms with Gasteiger partial charge in [0.2, 0.25) is 0 Å². The summed E-state index contributed by atoms with van der Waals surface area (Å²) in [6, 6.07) is 0. The van der Waals surface area contributed by atoms with Crippen molar-refractivity contribution < 1.29 is 14.7 Å². The van der Waals surface area contributed by atoms with Crippen molar-refractivity contribution in [3.05, 3.63) is 23.3 Å². The molecule has 0 aromatic heterocycles. The summed E-state index contributed by atoms with van der Waals surface area (Å²) in [6.07, 6.45) is 10.4. The van der Waals surface area contributed by atoms with Crippen LogP contribution in [0.2, 0.25) is 0 Å². The van der Waals surface area contributed by atoms with Gasteiger partial charge in [-0.15, -0.1) is 0 Å².